The smallest absolute Gasteiger partial charge is 0.220 e. The molecule has 0 radical (unpaired) electrons. The molecule has 2 aromatic rings. The molecule has 1 aliphatic carbocycles. The van der Waals surface area contributed by atoms with Crippen LogP contribution in [-0.2, 0) is 11.2 Å². The molecule has 0 spiro atoms. The summed E-state index contributed by atoms with van der Waals surface area (Å²) in [5.74, 6) is 2.62. The van der Waals surface area contributed by atoms with Crippen LogP contribution < -0.4 is 14.8 Å². The molecule has 0 aliphatic heterocycles. The number of aryl methyl sites for hydroxylation is 1. The second-order valence-corrected chi connectivity index (χ2v) is 6.94. The molecule has 3 rings (SSSR count). The predicted molar refractivity (Wildman–Crippen MR) is 103 cm³/mol. The van der Waals surface area contributed by atoms with Gasteiger partial charge in [0.2, 0.25) is 5.91 Å². The van der Waals surface area contributed by atoms with E-state index in [0.717, 1.165) is 18.4 Å². The summed E-state index contributed by atoms with van der Waals surface area (Å²) >= 11 is 0. The maximum Gasteiger partial charge on any atom is 0.220 e. The lowest BCUT2D eigenvalue weighted by molar-refractivity contribution is -0.121. The molecule has 1 heterocycles. The van der Waals surface area contributed by atoms with Gasteiger partial charge in [0, 0.05) is 24.9 Å². The van der Waals surface area contributed by atoms with Crippen molar-refractivity contribution in [2.45, 2.75) is 57.4 Å². The van der Waals surface area contributed by atoms with Crippen molar-refractivity contribution in [3.8, 4) is 22.8 Å². The Labute approximate surface area is 160 Å². The van der Waals surface area contributed by atoms with Gasteiger partial charge in [0.05, 0.1) is 26.0 Å². The summed E-state index contributed by atoms with van der Waals surface area (Å²) in [5, 5.41) is 3.16. The lowest BCUT2D eigenvalue weighted by Gasteiger charge is -2.15. The van der Waals surface area contributed by atoms with Crippen molar-refractivity contribution in [2.75, 3.05) is 14.2 Å². The van der Waals surface area contributed by atoms with Crippen LogP contribution in [-0.4, -0.2) is 31.2 Å². The molecule has 0 unspecified atom stereocenters. The van der Waals surface area contributed by atoms with Gasteiger partial charge in [-0.3, -0.25) is 4.79 Å². The molecule has 1 aromatic carbocycles. The van der Waals surface area contributed by atoms with Gasteiger partial charge in [-0.25, -0.2) is 4.98 Å². The van der Waals surface area contributed by atoms with Gasteiger partial charge >= 0.3 is 0 Å². The number of ether oxygens (including phenoxy) is 2. The number of benzene rings is 1. The van der Waals surface area contributed by atoms with Crippen molar-refractivity contribution in [1.82, 2.24) is 10.3 Å². The van der Waals surface area contributed by atoms with E-state index in [-0.39, 0.29) is 5.91 Å². The number of methoxy groups -OCH3 is 2. The Bertz CT molecular complexity index is 748. The van der Waals surface area contributed by atoms with Gasteiger partial charge < -0.3 is 19.2 Å². The highest BCUT2D eigenvalue weighted by molar-refractivity contribution is 5.76. The molecule has 6 nitrogen and oxygen atoms in total. The third-order valence-electron chi connectivity index (χ3n) is 5.01. The van der Waals surface area contributed by atoms with Gasteiger partial charge in [-0.2, -0.15) is 0 Å². The van der Waals surface area contributed by atoms with Crippen LogP contribution in [0.5, 0.6) is 11.5 Å². The molecule has 0 saturated heterocycles. The van der Waals surface area contributed by atoms with Crippen LogP contribution in [0.15, 0.2) is 28.8 Å². The molecule has 6 heteroatoms. The molecule has 0 bridgehead atoms. The van der Waals surface area contributed by atoms with Crippen LogP contribution in [0.1, 0.15) is 50.8 Å². The van der Waals surface area contributed by atoms with E-state index in [1.165, 1.54) is 25.7 Å². The Hall–Kier alpha value is -2.50. The number of carbonyl (C=O) groups is 1. The van der Waals surface area contributed by atoms with Crippen LogP contribution in [0, 0.1) is 0 Å². The summed E-state index contributed by atoms with van der Waals surface area (Å²) < 4.78 is 16.5. The topological polar surface area (TPSA) is 73.6 Å². The van der Waals surface area contributed by atoms with E-state index in [2.05, 4.69) is 10.3 Å². The van der Waals surface area contributed by atoms with Gasteiger partial charge in [-0.15, -0.1) is 0 Å². The first-order valence-electron chi connectivity index (χ1n) is 9.66. The molecule has 146 valence electrons. The quantitative estimate of drug-likeness (QED) is 0.740. The summed E-state index contributed by atoms with van der Waals surface area (Å²) in [4.78, 5) is 16.5. The number of aromatic nitrogens is 1. The van der Waals surface area contributed by atoms with Gasteiger partial charge in [-0.05, 0) is 25.0 Å². The van der Waals surface area contributed by atoms with Crippen molar-refractivity contribution in [3.05, 3.63) is 30.3 Å². The van der Waals surface area contributed by atoms with Crippen molar-refractivity contribution in [1.29, 1.82) is 0 Å². The fourth-order valence-corrected chi connectivity index (χ4v) is 3.50. The first-order chi connectivity index (χ1) is 13.2. The molecule has 1 fully saturated rings. The molecule has 1 saturated carbocycles. The third-order valence-corrected chi connectivity index (χ3v) is 5.01. The van der Waals surface area contributed by atoms with Crippen LogP contribution in [0.25, 0.3) is 11.3 Å². The monoisotopic (exact) mass is 372 g/mol. The summed E-state index contributed by atoms with van der Waals surface area (Å²) in [7, 11) is 3.22. The van der Waals surface area contributed by atoms with Crippen molar-refractivity contribution in [2.24, 2.45) is 0 Å². The second-order valence-electron chi connectivity index (χ2n) is 6.94. The minimum atomic E-state index is 0.0729. The highest BCUT2D eigenvalue weighted by Gasteiger charge is 2.16. The first kappa shape index (κ1) is 19.3. The fraction of sp³-hybridized carbons (Fsp3) is 0.524. The van der Waals surface area contributed by atoms with E-state index < -0.39 is 0 Å². The maximum atomic E-state index is 12.2. The van der Waals surface area contributed by atoms with Crippen molar-refractivity contribution in [3.63, 3.8) is 0 Å². The molecule has 1 aliphatic rings. The lowest BCUT2D eigenvalue weighted by Crippen LogP contribution is -2.34. The summed E-state index contributed by atoms with van der Waals surface area (Å²) in [5.41, 5.74) is 0.806. The Morgan fingerprint density at radius 1 is 1.19 bits per heavy atom. The van der Waals surface area contributed by atoms with Gasteiger partial charge in [0.15, 0.2) is 11.7 Å². The lowest BCUT2D eigenvalue weighted by atomic mass is 10.1. The van der Waals surface area contributed by atoms with Crippen LogP contribution in [0.2, 0.25) is 0 Å². The van der Waals surface area contributed by atoms with Crippen LogP contribution in [0.3, 0.4) is 0 Å². The first-order valence-corrected chi connectivity index (χ1v) is 9.66. The number of carbonyl (C=O) groups excluding carboxylic acids is 1. The molecular formula is C21H28N2O4. The van der Waals surface area contributed by atoms with E-state index in [1.807, 2.05) is 12.1 Å². The Balaban J connectivity index is 1.57. The third kappa shape index (κ3) is 5.25. The van der Waals surface area contributed by atoms with Crippen molar-refractivity contribution >= 4 is 5.91 Å². The number of nitrogens with zero attached hydrogens (tertiary/aromatic N) is 1. The number of hydrogen-bond acceptors (Lipinski definition) is 5. The summed E-state index contributed by atoms with van der Waals surface area (Å²) in [6.45, 7) is 0. The van der Waals surface area contributed by atoms with E-state index in [0.29, 0.717) is 42.0 Å². The Kier molecular flexibility index (Phi) is 6.74. The zero-order valence-electron chi connectivity index (χ0n) is 16.1. The average molecular weight is 372 g/mol. The molecule has 1 amide bonds. The Morgan fingerprint density at radius 2 is 1.96 bits per heavy atom. The van der Waals surface area contributed by atoms with Crippen molar-refractivity contribution < 1.29 is 18.7 Å². The van der Waals surface area contributed by atoms with E-state index >= 15 is 0 Å². The average Bonchev–Trinajstić information content (AvgIpc) is 3.02. The highest BCUT2D eigenvalue weighted by atomic mass is 16.5. The molecule has 27 heavy (non-hydrogen) atoms. The standard InChI is InChI=1S/C21H28N2O4/c1-25-16-9-10-17(18(13-16)26-2)19-14-22-21(27-19)12-11-20(24)23-15-7-5-3-4-6-8-15/h9-10,13-15H,3-8,11-12H2,1-2H3,(H,23,24). The molecule has 1 N–H and O–H groups in total. The minimum Gasteiger partial charge on any atom is -0.497 e. The van der Waals surface area contributed by atoms with Gasteiger partial charge in [0.25, 0.3) is 0 Å². The number of nitrogens with one attached hydrogen (secondary N) is 1. The van der Waals surface area contributed by atoms with Crippen LogP contribution >= 0.6 is 0 Å². The number of rotatable bonds is 7. The van der Waals surface area contributed by atoms with E-state index in [1.54, 1.807) is 26.5 Å². The van der Waals surface area contributed by atoms with E-state index in [4.69, 9.17) is 13.9 Å². The maximum absolute atomic E-state index is 12.2. The number of amides is 1. The fourth-order valence-electron chi connectivity index (χ4n) is 3.50. The van der Waals surface area contributed by atoms with Crippen LogP contribution in [0.4, 0.5) is 0 Å². The predicted octanol–water partition coefficient (Wildman–Crippen LogP) is 4.13. The van der Waals surface area contributed by atoms with E-state index in [9.17, 15) is 4.79 Å². The van der Waals surface area contributed by atoms with Gasteiger partial charge in [0.1, 0.15) is 11.5 Å². The summed E-state index contributed by atoms with van der Waals surface area (Å²) in [6.07, 6.45) is 9.68. The van der Waals surface area contributed by atoms with Gasteiger partial charge in [-0.1, -0.05) is 25.7 Å². The highest BCUT2D eigenvalue weighted by Crippen LogP contribution is 2.33. The zero-order chi connectivity index (χ0) is 19.1. The largest absolute Gasteiger partial charge is 0.497 e. The SMILES string of the molecule is COc1ccc(-c2cnc(CCC(=O)NC3CCCCCC3)o2)c(OC)c1. The molecule has 0 atom stereocenters. The normalized spacial score (nSPS) is 15.2. The number of oxazole rings is 1. The zero-order valence-corrected chi connectivity index (χ0v) is 16.1. The second kappa shape index (κ2) is 9.44. The number of hydrogen-bond donors (Lipinski definition) is 1. The molecule has 1 aromatic heterocycles. The molecular weight excluding hydrogens is 344 g/mol. The minimum absolute atomic E-state index is 0.0729. The summed E-state index contributed by atoms with van der Waals surface area (Å²) in [6, 6.07) is 5.85. The Morgan fingerprint density at radius 3 is 2.67 bits per heavy atom.